The van der Waals surface area contributed by atoms with Crippen LogP contribution in [0.15, 0.2) is 48.5 Å². The van der Waals surface area contributed by atoms with Crippen LogP contribution in [0.2, 0.25) is 0 Å². The Balaban J connectivity index is 2.31. The minimum atomic E-state index is -0.972. The van der Waals surface area contributed by atoms with Gasteiger partial charge in [0.1, 0.15) is 0 Å². The van der Waals surface area contributed by atoms with Gasteiger partial charge in [0.05, 0.1) is 30.0 Å². The number of nitrogens with zero attached hydrogens (tertiary/aromatic N) is 1. The molecule has 2 aromatic rings. The van der Waals surface area contributed by atoms with Gasteiger partial charge < -0.3 is 19.3 Å². The first-order valence-corrected chi connectivity index (χ1v) is 12.9. The van der Waals surface area contributed by atoms with Gasteiger partial charge >= 0.3 is 17.9 Å². The number of ether oxygens (including phenoxy) is 3. The molecule has 208 valence electrons. The van der Waals surface area contributed by atoms with E-state index < -0.39 is 28.9 Å². The number of esters is 3. The maximum atomic E-state index is 12.7. The van der Waals surface area contributed by atoms with E-state index in [-0.39, 0.29) is 30.4 Å². The maximum Gasteiger partial charge on any atom is 0.316 e. The van der Waals surface area contributed by atoms with Gasteiger partial charge in [-0.3, -0.25) is 19.3 Å². The average molecular weight is 528 g/mol. The van der Waals surface area contributed by atoms with Crippen molar-refractivity contribution >= 4 is 17.9 Å². The van der Waals surface area contributed by atoms with Gasteiger partial charge in [0, 0.05) is 19.6 Å². The van der Waals surface area contributed by atoms with E-state index in [1.54, 1.807) is 54.5 Å². The van der Waals surface area contributed by atoms with E-state index >= 15 is 0 Å². The fourth-order valence-corrected chi connectivity index (χ4v) is 3.31. The summed E-state index contributed by atoms with van der Waals surface area (Å²) in [5, 5.41) is 11.2. The van der Waals surface area contributed by atoms with Gasteiger partial charge in [-0.1, -0.05) is 36.4 Å². The number of benzene rings is 2. The quantitative estimate of drug-likeness (QED) is 0.319. The summed E-state index contributed by atoms with van der Waals surface area (Å²) >= 11 is 0. The molecule has 2 aromatic carbocycles. The molecule has 0 radical (unpaired) electrons. The molecule has 8 nitrogen and oxygen atoms in total. The fourth-order valence-electron chi connectivity index (χ4n) is 3.31. The highest BCUT2D eigenvalue weighted by atomic mass is 16.6. The lowest BCUT2D eigenvalue weighted by atomic mass is 9.97. The van der Waals surface area contributed by atoms with Crippen LogP contribution in [0, 0.1) is 10.8 Å². The summed E-state index contributed by atoms with van der Waals surface area (Å²) in [6.45, 7) is 13.5. The van der Waals surface area contributed by atoms with Crippen molar-refractivity contribution in [2.75, 3.05) is 19.7 Å². The molecule has 8 heteroatoms. The van der Waals surface area contributed by atoms with Crippen molar-refractivity contribution in [2.24, 2.45) is 10.8 Å². The highest BCUT2D eigenvalue weighted by Crippen LogP contribution is 2.34. The molecule has 0 aliphatic rings. The first kappa shape index (κ1) is 31.0. The number of hydrogen-bond donors (Lipinski definition) is 1. The number of carbonyl (C=O) groups excluding carboxylic acids is 3. The number of hydrogen-bond acceptors (Lipinski definition) is 8. The van der Waals surface area contributed by atoms with Crippen LogP contribution in [0.5, 0.6) is 11.5 Å². The minimum absolute atomic E-state index is 0.0557. The number of aliphatic hydroxyl groups excluding tert-OH is 1. The van der Waals surface area contributed by atoms with Gasteiger partial charge in [-0.2, -0.15) is 0 Å². The summed E-state index contributed by atoms with van der Waals surface area (Å²) in [7, 11) is 0. The summed E-state index contributed by atoms with van der Waals surface area (Å²) < 4.78 is 16.2. The highest BCUT2D eigenvalue weighted by molar-refractivity contribution is 5.81. The Morgan fingerprint density at radius 2 is 1.45 bits per heavy atom. The van der Waals surface area contributed by atoms with E-state index in [0.29, 0.717) is 25.3 Å². The zero-order valence-electron chi connectivity index (χ0n) is 23.6. The van der Waals surface area contributed by atoms with Gasteiger partial charge in [-0.05, 0) is 71.7 Å². The molecule has 1 atom stereocenters. The molecule has 0 aliphatic heterocycles. The average Bonchev–Trinajstić information content (AvgIpc) is 2.83. The van der Waals surface area contributed by atoms with Gasteiger partial charge in [0.15, 0.2) is 11.5 Å². The third-order valence-corrected chi connectivity index (χ3v) is 5.60. The molecular formula is C30H41NO7. The van der Waals surface area contributed by atoms with Crippen molar-refractivity contribution in [3.63, 3.8) is 0 Å². The van der Waals surface area contributed by atoms with Gasteiger partial charge in [0.25, 0.3) is 0 Å². The molecule has 0 saturated carbocycles. The second-order valence-corrected chi connectivity index (χ2v) is 11.3. The highest BCUT2D eigenvalue weighted by Gasteiger charge is 2.29. The first-order chi connectivity index (χ1) is 17.7. The Morgan fingerprint density at radius 3 is 2.00 bits per heavy atom. The molecule has 0 amide bonds. The molecule has 1 N–H and O–H groups in total. The zero-order valence-corrected chi connectivity index (χ0v) is 23.6. The van der Waals surface area contributed by atoms with Crippen LogP contribution in [0.25, 0.3) is 0 Å². The van der Waals surface area contributed by atoms with Crippen LogP contribution in [0.3, 0.4) is 0 Å². The Bertz CT molecular complexity index is 1080. The molecule has 0 aromatic heterocycles. The third-order valence-electron chi connectivity index (χ3n) is 5.60. The van der Waals surface area contributed by atoms with Gasteiger partial charge in [-0.15, -0.1) is 0 Å². The Morgan fingerprint density at radius 1 is 0.868 bits per heavy atom. The lowest BCUT2D eigenvalue weighted by molar-refractivity contribution is -0.145. The summed E-state index contributed by atoms with van der Waals surface area (Å²) in [6.07, 6.45) is -0.788. The van der Waals surface area contributed by atoms with E-state index in [1.165, 1.54) is 12.1 Å². The van der Waals surface area contributed by atoms with Gasteiger partial charge in [-0.25, -0.2) is 0 Å². The zero-order chi connectivity index (χ0) is 28.5. The lowest BCUT2D eigenvalue weighted by Gasteiger charge is -2.26. The summed E-state index contributed by atoms with van der Waals surface area (Å²) in [5.41, 5.74) is -0.0425. The van der Waals surface area contributed by atoms with E-state index in [2.05, 4.69) is 0 Å². The van der Waals surface area contributed by atoms with Crippen molar-refractivity contribution in [3.05, 3.63) is 59.7 Å². The van der Waals surface area contributed by atoms with Crippen LogP contribution in [0.4, 0.5) is 0 Å². The van der Waals surface area contributed by atoms with E-state index in [0.717, 1.165) is 5.56 Å². The molecular weight excluding hydrogens is 486 g/mol. The van der Waals surface area contributed by atoms with Crippen LogP contribution in [-0.4, -0.2) is 47.6 Å². The Kier molecular flexibility index (Phi) is 11.0. The second-order valence-electron chi connectivity index (χ2n) is 11.3. The second kappa shape index (κ2) is 13.5. The largest absolute Gasteiger partial charge is 0.466 e. The standard InChI is InChI=1S/C30H41NO7/c1-8-36-26(33)16-17-31(19-21-12-10-9-11-13-21)20-23(32)22-14-15-24(37-27(34)29(2,3)4)25(18-22)38-28(35)30(5,6)7/h9-15,18,23,32H,8,16-17,19-20H2,1-7H3. The number of aliphatic hydroxyl groups is 1. The van der Waals surface area contributed by atoms with Crippen molar-refractivity contribution in [1.82, 2.24) is 4.90 Å². The fraction of sp³-hybridized carbons (Fsp3) is 0.500. The van der Waals surface area contributed by atoms with Crippen LogP contribution >= 0.6 is 0 Å². The molecule has 0 saturated heterocycles. The minimum Gasteiger partial charge on any atom is -0.466 e. The van der Waals surface area contributed by atoms with Crippen molar-refractivity contribution < 1.29 is 33.7 Å². The smallest absolute Gasteiger partial charge is 0.316 e. The normalized spacial score (nSPS) is 12.7. The van der Waals surface area contributed by atoms with E-state index in [1.807, 2.05) is 35.2 Å². The number of rotatable bonds is 11. The summed E-state index contributed by atoms with van der Waals surface area (Å²) in [6, 6.07) is 14.4. The molecule has 0 spiro atoms. The first-order valence-electron chi connectivity index (χ1n) is 12.9. The molecule has 2 rings (SSSR count). The van der Waals surface area contributed by atoms with Crippen LogP contribution in [0.1, 0.15) is 72.1 Å². The van der Waals surface area contributed by atoms with Crippen LogP contribution < -0.4 is 9.47 Å². The Hall–Kier alpha value is -3.23. The monoisotopic (exact) mass is 527 g/mol. The van der Waals surface area contributed by atoms with E-state index in [4.69, 9.17) is 14.2 Å². The summed E-state index contributed by atoms with van der Waals surface area (Å²) in [4.78, 5) is 39.1. The Labute approximate surface area is 225 Å². The summed E-state index contributed by atoms with van der Waals surface area (Å²) in [5.74, 6) is -1.13. The molecule has 0 heterocycles. The van der Waals surface area contributed by atoms with Crippen molar-refractivity contribution in [2.45, 2.75) is 67.5 Å². The van der Waals surface area contributed by atoms with Crippen LogP contribution in [-0.2, 0) is 25.7 Å². The molecule has 38 heavy (non-hydrogen) atoms. The third kappa shape index (κ3) is 9.91. The lowest BCUT2D eigenvalue weighted by Crippen LogP contribution is -2.31. The predicted octanol–water partition coefficient (Wildman–Crippen LogP) is 5.08. The topological polar surface area (TPSA) is 102 Å². The maximum absolute atomic E-state index is 12.7. The van der Waals surface area contributed by atoms with Crippen molar-refractivity contribution in [3.8, 4) is 11.5 Å². The van der Waals surface area contributed by atoms with E-state index in [9.17, 15) is 19.5 Å². The molecule has 1 unspecified atom stereocenters. The molecule has 0 aliphatic carbocycles. The predicted molar refractivity (Wildman–Crippen MR) is 145 cm³/mol. The molecule has 0 fully saturated rings. The van der Waals surface area contributed by atoms with Gasteiger partial charge in [0.2, 0.25) is 0 Å². The SMILES string of the molecule is CCOC(=O)CCN(Cc1ccccc1)CC(O)c1ccc(OC(=O)C(C)(C)C)c(OC(=O)C(C)(C)C)c1. The molecule has 0 bridgehead atoms. The number of carbonyl (C=O) groups is 3. The van der Waals surface area contributed by atoms with Crippen molar-refractivity contribution in [1.29, 1.82) is 0 Å².